The summed E-state index contributed by atoms with van der Waals surface area (Å²) in [5.41, 5.74) is 4.10. The van der Waals surface area contributed by atoms with E-state index >= 15 is 0 Å². The van der Waals surface area contributed by atoms with Gasteiger partial charge in [-0.05, 0) is 72.5 Å². The molecule has 0 atom stereocenters. The van der Waals surface area contributed by atoms with Crippen molar-refractivity contribution in [2.24, 2.45) is 0 Å². The number of benzene rings is 6. The Hall–Kier alpha value is -3.94. The first-order chi connectivity index (χ1) is 16.7. The molecule has 0 aromatic heterocycles. The van der Waals surface area contributed by atoms with Gasteiger partial charge in [-0.2, -0.15) is 0 Å². The fourth-order valence-corrected chi connectivity index (χ4v) is 11.3. The molecule has 0 saturated carbocycles. The second-order valence-corrected chi connectivity index (χ2v) is 13.2. The molecule has 0 spiro atoms. The second kappa shape index (κ2) is 7.28. The predicted octanol–water partition coefficient (Wildman–Crippen LogP) is 5.66. The van der Waals surface area contributed by atoms with Crippen LogP contribution in [0.25, 0.3) is 32.7 Å². The molecule has 0 bridgehead atoms. The van der Waals surface area contributed by atoms with Crippen LogP contribution in [0.5, 0.6) is 0 Å². The molecule has 1 aliphatic heterocycles. The van der Waals surface area contributed by atoms with Crippen LogP contribution in [-0.4, -0.2) is 8.07 Å². The molecule has 1 heterocycles. The van der Waals surface area contributed by atoms with Gasteiger partial charge in [-0.3, -0.25) is 0 Å². The van der Waals surface area contributed by atoms with E-state index in [0.717, 1.165) is 0 Å². The highest BCUT2D eigenvalue weighted by molar-refractivity contribution is 7.22. The van der Waals surface area contributed by atoms with Gasteiger partial charge < -0.3 is 0 Å². The first kappa shape index (κ1) is 19.5. The minimum absolute atomic E-state index is 1.31. The van der Waals surface area contributed by atoms with E-state index in [1.165, 1.54) is 59.0 Å². The fourth-order valence-electron chi connectivity index (χ4n) is 6.03. The molecule has 0 amide bonds. The van der Waals surface area contributed by atoms with Crippen LogP contribution in [0.15, 0.2) is 127 Å². The average Bonchev–Trinajstić information content (AvgIpc) is 3.16. The third-order valence-electron chi connectivity index (χ3n) is 7.53. The molecular weight excluding hydrogens is 424 g/mol. The van der Waals surface area contributed by atoms with Crippen LogP contribution in [0.3, 0.4) is 0 Å². The van der Waals surface area contributed by atoms with E-state index in [1.807, 2.05) is 0 Å². The van der Waals surface area contributed by atoms with E-state index in [4.69, 9.17) is 0 Å². The molecule has 0 N–H and O–H groups in total. The minimum atomic E-state index is -2.48. The molecule has 34 heavy (non-hydrogen) atoms. The number of hydrogen-bond donors (Lipinski definition) is 0. The van der Waals surface area contributed by atoms with Gasteiger partial charge in [0.25, 0.3) is 0 Å². The van der Waals surface area contributed by atoms with Crippen molar-refractivity contribution in [3.63, 3.8) is 0 Å². The molecule has 1 aliphatic rings. The highest BCUT2D eigenvalue weighted by Crippen LogP contribution is 2.34. The normalized spacial score (nSPS) is 13.7. The van der Waals surface area contributed by atoms with Crippen molar-refractivity contribution < 1.29 is 0 Å². The van der Waals surface area contributed by atoms with Crippen molar-refractivity contribution in [2.75, 3.05) is 0 Å². The standard InChI is InChI=1S/C33H24Si/c1-23-16-17-26-20-31-30-19-24-10-8-9-11-25(24)21-32(30)34(28-12-4-2-5-13-28,29-14-6-3-7-15-29)33(31)22-27(26)18-23/h2-22H,1H3. The number of fused-ring (bicyclic) bond motifs is 5. The summed E-state index contributed by atoms with van der Waals surface area (Å²) in [5.74, 6) is 0. The smallest absolute Gasteiger partial charge is 0.0623 e. The lowest BCUT2D eigenvalue weighted by atomic mass is 9.98. The Kier molecular flexibility index (Phi) is 4.18. The predicted molar refractivity (Wildman–Crippen MR) is 149 cm³/mol. The lowest BCUT2D eigenvalue weighted by molar-refractivity contribution is 1.51. The summed E-state index contributed by atoms with van der Waals surface area (Å²) in [6.07, 6.45) is 0. The van der Waals surface area contributed by atoms with E-state index in [1.54, 1.807) is 0 Å². The zero-order valence-corrected chi connectivity index (χ0v) is 20.1. The molecule has 0 unspecified atom stereocenters. The quantitative estimate of drug-likeness (QED) is 0.299. The van der Waals surface area contributed by atoms with Crippen molar-refractivity contribution >= 4 is 50.4 Å². The van der Waals surface area contributed by atoms with Crippen LogP contribution in [-0.2, 0) is 0 Å². The molecular formula is C33H24Si. The molecule has 160 valence electrons. The summed E-state index contributed by atoms with van der Waals surface area (Å²) in [5, 5.41) is 11.2. The second-order valence-electron chi connectivity index (χ2n) is 9.48. The molecule has 0 saturated heterocycles. The van der Waals surface area contributed by atoms with Crippen molar-refractivity contribution in [3.8, 4) is 11.1 Å². The Morgan fingerprint density at radius 3 is 1.47 bits per heavy atom. The Bertz CT molecular complexity index is 1660. The highest BCUT2D eigenvalue weighted by Gasteiger charge is 2.48. The van der Waals surface area contributed by atoms with E-state index in [0.29, 0.717) is 0 Å². The van der Waals surface area contributed by atoms with Crippen LogP contribution in [0.1, 0.15) is 5.56 Å². The number of rotatable bonds is 2. The summed E-state index contributed by atoms with van der Waals surface area (Å²) in [6, 6.07) is 48.0. The summed E-state index contributed by atoms with van der Waals surface area (Å²) < 4.78 is 0. The zero-order valence-electron chi connectivity index (χ0n) is 19.1. The van der Waals surface area contributed by atoms with E-state index in [2.05, 4.69) is 134 Å². The van der Waals surface area contributed by atoms with Gasteiger partial charge in [0.2, 0.25) is 0 Å². The lowest BCUT2D eigenvalue weighted by Crippen LogP contribution is -2.72. The summed E-state index contributed by atoms with van der Waals surface area (Å²) >= 11 is 0. The first-order valence-corrected chi connectivity index (χ1v) is 13.9. The summed E-state index contributed by atoms with van der Waals surface area (Å²) in [4.78, 5) is 0. The third-order valence-corrected chi connectivity index (χ3v) is 12.4. The summed E-state index contributed by atoms with van der Waals surface area (Å²) in [6.45, 7) is 2.19. The molecule has 6 aromatic rings. The van der Waals surface area contributed by atoms with Gasteiger partial charge >= 0.3 is 0 Å². The molecule has 6 aromatic carbocycles. The molecule has 0 radical (unpaired) electrons. The Balaban J connectivity index is 1.71. The van der Waals surface area contributed by atoms with Gasteiger partial charge in [0.05, 0.1) is 0 Å². The average molecular weight is 449 g/mol. The van der Waals surface area contributed by atoms with Crippen LogP contribution in [0, 0.1) is 6.92 Å². The van der Waals surface area contributed by atoms with E-state index in [-0.39, 0.29) is 0 Å². The van der Waals surface area contributed by atoms with Crippen molar-refractivity contribution in [3.05, 3.63) is 133 Å². The maximum atomic E-state index is 2.51. The molecule has 7 rings (SSSR count). The van der Waals surface area contributed by atoms with E-state index in [9.17, 15) is 0 Å². The van der Waals surface area contributed by atoms with Gasteiger partial charge in [0.15, 0.2) is 8.07 Å². The maximum absolute atomic E-state index is 2.51. The Morgan fingerprint density at radius 2 is 0.882 bits per heavy atom. The van der Waals surface area contributed by atoms with Crippen molar-refractivity contribution in [2.45, 2.75) is 6.92 Å². The van der Waals surface area contributed by atoms with Gasteiger partial charge in [-0.25, -0.2) is 0 Å². The molecule has 1 heteroatoms. The minimum Gasteiger partial charge on any atom is -0.0623 e. The lowest BCUT2D eigenvalue weighted by Gasteiger charge is -2.31. The first-order valence-electron chi connectivity index (χ1n) is 11.9. The fraction of sp³-hybridized carbons (Fsp3) is 0.0303. The number of aryl methyl sites for hydroxylation is 1. The van der Waals surface area contributed by atoms with Gasteiger partial charge in [0, 0.05) is 0 Å². The largest absolute Gasteiger partial charge is 0.180 e. The van der Waals surface area contributed by atoms with Crippen LogP contribution < -0.4 is 20.7 Å². The van der Waals surface area contributed by atoms with Crippen LogP contribution in [0.4, 0.5) is 0 Å². The van der Waals surface area contributed by atoms with Crippen LogP contribution in [0.2, 0.25) is 0 Å². The SMILES string of the molecule is Cc1ccc2cc3c(cc2c1)[Si](c1ccccc1)(c1ccccc1)c1cc2ccccc2cc1-3. The summed E-state index contributed by atoms with van der Waals surface area (Å²) in [7, 11) is -2.48. The topological polar surface area (TPSA) is 0 Å². The molecule has 0 nitrogen and oxygen atoms in total. The van der Waals surface area contributed by atoms with Gasteiger partial charge in [0.1, 0.15) is 0 Å². The maximum Gasteiger partial charge on any atom is 0.180 e. The van der Waals surface area contributed by atoms with Crippen molar-refractivity contribution in [1.29, 1.82) is 0 Å². The third kappa shape index (κ3) is 2.65. The Labute approximate surface area is 201 Å². The number of hydrogen-bond acceptors (Lipinski definition) is 0. The monoisotopic (exact) mass is 448 g/mol. The Morgan fingerprint density at radius 1 is 0.412 bits per heavy atom. The van der Waals surface area contributed by atoms with Gasteiger partial charge in [-0.15, -0.1) is 0 Å². The van der Waals surface area contributed by atoms with Gasteiger partial charge in [-0.1, -0.05) is 121 Å². The van der Waals surface area contributed by atoms with Crippen molar-refractivity contribution in [1.82, 2.24) is 0 Å². The highest BCUT2D eigenvalue weighted by atomic mass is 28.3. The molecule has 0 fully saturated rings. The van der Waals surface area contributed by atoms with Crippen LogP contribution >= 0.6 is 0 Å². The molecule has 0 aliphatic carbocycles. The van der Waals surface area contributed by atoms with E-state index < -0.39 is 8.07 Å². The zero-order chi connectivity index (χ0) is 22.7.